The summed E-state index contributed by atoms with van der Waals surface area (Å²) in [5.41, 5.74) is 2.66. The van der Waals surface area contributed by atoms with Crippen molar-refractivity contribution >= 4 is 0 Å². The van der Waals surface area contributed by atoms with Crippen LogP contribution in [-0.2, 0) is 6.42 Å². The maximum Gasteiger partial charge on any atom is 0.213 e. The lowest BCUT2D eigenvalue weighted by atomic mass is 9.90. The summed E-state index contributed by atoms with van der Waals surface area (Å²) >= 11 is 0. The second-order valence-electron chi connectivity index (χ2n) is 7.26. The van der Waals surface area contributed by atoms with Gasteiger partial charge in [-0.25, -0.2) is 14.4 Å². The Hall–Kier alpha value is -2.21. The third-order valence-corrected chi connectivity index (χ3v) is 5.27. The van der Waals surface area contributed by atoms with E-state index in [9.17, 15) is 4.39 Å². The van der Waals surface area contributed by atoms with E-state index in [1.807, 2.05) is 19.9 Å². The predicted octanol–water partition coefficient (Wildman–Crippen LogP) is 3.96. The maximum absolute atomic E-state index is 14.3. The van der Waals surface area contributed by atoms with E-state index in [1.165, 1.54) is 18.1 Å². The van der Waals surface area contributed by atoms with E-state index in [2.05, 4.69) is 20.9 Å². The largest absolute Gasteiger partial charge is 0.481 e. The zero-order valence-electron chi connectivity index (χ0n) is 16.5. The number of pyridine rings is 2. The minimum absolute atomic E-state index is 0.0865. The van der Waals surface area contributed by atoms with Gasteiger partial charge in [0.2, 0.25) is 11.8 Å². The number of hydrogen-bond acceptors (Lipinski definition) is 5. The van der Waals surface area contributed by atoms with Crippen molar-refractivity contribution in [2.75, 3.05) is 27.3 Å². The van der Waals surface area contributed by atoms with Gasteiger partial charge in [0.15, 0.2) is 0 Å². The van der Waals surface area contributed by atoms with Gasteiger partial charge in [-0.05, 0) is 63.3 Å². The smallest absolute Gasteiger partial charge is 0.213 e. The molecule has 0 N–H and O–H groups in total. The highest BCUT2D eigenvalue weighted by Crippen LogP contribution is 2.30. The summed E-state index contributed by atoms with van der Waals surface area (Å²) in [6.45, 7) is 5.88. The first kappa shape index (κ1) is 19.5. The summed E-state index contributed by atoms with van der Waals surface area (Å²) in [4.78, 5) is 11.0. The second kappa shape index (κ2) is 8.65. The van der Waals surface area contributed by atoms with Gasteiger partial charge in [0, 0.05) is 24.4 Å². The van der Waals surface area contributed by atoms with Crippen LogP contribution >= 0.6 is 0 Å². The SMILES string of the molecule is COc1cc(C[C@H]2CCCN(C(C)c3nc(OC)ccc3F)C2)cc(C)n1. The summed E-state index contributed by atoms with van der Waals surface area (Å²) in [5, 5.41) is 0. The molecule has 2 aromatic heterocycles. The van der Waals surface area contributed by atoms with Crippen LogP contribution in [0.4, 0.5) is 4.39 Å². The number of aryl methyl sites for hydroxylation is 1. The lowest BCUT2D eigenvalue weighted by Crippen LogP contribution is -2.38. The molecule has 27 heavy (non-hydrogen) atoms. The maximum atomic E-state index is 14.3. The number of aromatic nitrogens is 2. The number of piperidine rings is 1. The Kier molecular flexibility index (Phi) is 6.26. The van der Waals surface area contributed by atoms with Crippen LogP contribution in [0.2, 0.25) is 0 Å². The number of ether oxygens (including phenoxy) is 2. The zero-order valence-corrected chi connectivity index (χ0v) is 16.5. The monoisotopic (exact) mass is 373 g/mol. The van der Waals surface area contributed by atoms with Crippen LogP contribution in [0.25, 0.3) is 0 Å². The normalized spacial score (nSPS) is 18.9. The molecule has 1 fully saturated rings. The van der Waals surface area contributed by atoms with Crippen LogP contribution in [-0.4, -0.2) is 42.2 Å². The molecule has 3 heterocycles. The highest BCUT2D eigenvalue weighted by Gasteiger charge is 2.27. The fraction of sp³-hybridized carbons (Fsp3) is 0.524. The average molecular weight is 373 g/mol. The van der Waals surface area contributed by atoms with E-state index in [4.69, 9.17) is 9.47 Å². The van der Waals surface area contributed by atoms with E-state index in [1.54, 1.807) is 20.3 Å². The summed E-state index contributed by atoms with van der Waals surface area (Å²) < 4.78 is 24.8. The second-order valence-corrected chi connectivity index (χ2v) is 7.26. The van der Waals surface area contributed by atoms with Crippen LogP contribution < -0.4 is 9.47 Å². The Bertz CT molecular complexity index is 784. The van der Waals surface area contributed by atoms with Crippen LogP contribution in [0.15, 0.2) is 24.3 Å². The third kappa shape index (κ3) is 4.75. The van der Waals surface area contributed by atoms with Crippen molar-refractivity contribution in [3.63, 3.8) is 0 Å². The molecule has 0 radical (unpaired) electrons. The fourth-order valence-corrected chi connectivity index (χ4v) is 3.90. The number of halogens is 1. The van der Waals surface area contributed by atoms with Crippen molar-refractivity contribution < 1.29 is 13.9 Å². The van der Waals surface area contributed by atoms with Crippen LogP contribution in [0.5, 0.6) is 11.8 Å². The van der Waals surface area contributed by atoms with Gasteiger partial charge in [-0.2, -0.15) is 0 Å². The van der Waals surface area contributed by atoms with E-state index in [0.717, 1.165) is 31.6 Å². The van der Waals surface area contributed by atoms with Crippen LogP contribution in [0.3, 0.4) is 0 Å². The summed E-state index contributed by atoms with van der Waals surface area (Å²) in [6, 6.07) is 7.04. The standard InChI is InChI=1S/C21H28FN3O2/c1-14-10-17(12-20(23-14)27-4)11-16-6-5-9-25(13-16)15(2)21-18(22)7-8-19(24-21)26-3/h7-8,10,12,15-16H,5-6,9,11,13H2,1-4H3/t15?,16-/m1/s1. The molecular weight excluding hydrogens is 345 g/mol. The Morgan fingerprint density at radius 3 is 2.70 bits per heavy atom. The molecule has 0 amide bonds. The number of hydrogen-bond donors (Lipinski definition) is 0. The Balaban J connectivity index is 1.71. The summed E-state index contributed by atoms with van der Waals surface area (Å²) in [6.07, 6.45) is 3.24. The molecule has 1 saturated heterocycles. The molecule has 1 aliphatic heterocycles. The average Bonchev–Trinajstić information content (AvgIpc) is 2.67. The summed E-state index contributed by atoms with van der Waals surface area (Å²) in [7, 11) is 3.20. The first-order chi connectivity index (χ1) is 13.0. The molecule has 1 aliphatic rings. The highest BCUT2D eigenvalue weighted by molar-refractivity contribution is 5.25. The molecule has 0 aromatic carbocycles. The highest BCUT2D eigenvalue weighted by atomic mass is 19.1. The lowest BCUT2D eigenvalue weighted by molar-refractivity contribution is 0.126. The molecule has 0 spiro atoms. The van der Waals surface area contributed by atoms with Gasteiger partial charge in [0.05, 0.1) is 26.0 Å². The van der Waals surface area contributed by atoms with Crippen LogP contribution in [0, 0.1) is 18.7 Å². The van der Waals surface area contributed by atoms with Gasteiger partial charge < -0.3 is 9.47 Å². The lowest BCUT2D eigenvalue weighted by Gasteiger charge is -2.36. The number of nitrogens with zero attached hydrogens (tertiary/aromatic N) is 3. The Labute approximate surface area is 160 Å². The first-order valence-corrected chi connectivity index (χ1v) is 9.46. The van der Waals surface area contributed by atoms with Gasteiger partial charge in [0.1, 0.15) is 5.82 Å². The van der Waals surface area contributed by atoms with Crippen molar-refractivity contribution in [2.45, 2.75) is 39.2 Å². The van der Waals surface area contributed by atoms with Gasteiger partial charge in [-0.1, -0.05) is 0 Å². The van der Waals surface area contributed by atoms with Crippen molar-refractivity contribution in [3.05, 3.63) is 47.0 Å². The van der Waals surface area contributed by atoms with Crippen molar-refractivity contribution in [2.24, 2.45) is 5.92 Å². The van der Waals surface area contributed by atoms with Gasteiger partial charge in [0.25, 0.3) is 0 Å². The van der Waals surface area contributed by atoms with Gasteiger partial charge >= 0.3 is 0 Å². The molecule has 2 atom stereocenters. The van der Waals surface area contributed by atoms with Crippen molar-refractivity contribution in [1.29, 1.82) is 0 Å². The molecule has 1 unspecified atom stereocenters. The van der Waals surface area contributed by atoms with Crippen molar-refractivity contribution in [1.82, 2.24) is 14.9 Å². The molecular formula is C21H28FN3O2. The molecule has 6 heteroatoms. The third-order valence-electron chi connectivity index (χ3n) is 5.27. The number of rotatable bonds is 6. The molecule has 2 aromatic rings. The minimum atomic E-state index is -0.278. The topological polar surface area (TPSA) is 47.5 Å². The quantitative estimate of drug-likeness (QED) is 0.767. The number of methoxy groups -OCH3 is 2. The first-order valence-electron chi connectivity index (χ1n) is 9.46. The minimum Gasteiger partial charge on any atom is -0.481 e. The van der Waals surface area contributed by atoms with Crippen LogP contribution in [0.1, 0.15) is 42.8 Å². The number of likely N-dealkylation sites (tertiary alicyclic amines) is 1. The molecule has 146 valence electrons. The molecule has 0 saturated carbocycles. The zero-order chi connectivity index (χ0) is 19.4. The predicted molar refractivity (Wildman–Crippen MR) is 103 cm³/mol. The van der Waals surface area contributed by atoms with E-state index < -0.39 is 0 Å². The molecule has 3 rings (SSSR count). The van der Waals surface area contributed by atoms with Gasteiger partial charge in [-0.15, -0.1) is 0 Å². The van der Waals surface area contributed by atoms with Crippen molar-refractivity contribution in [3.8, 4) is 11.8 Å². The molecule has 5 nitrogen and oxygen atoms in total. The Morgan fingerprint density at radius 1 is 1.19 bits per heavy atom. The van der Waals surface area contributed by atoms with E-state index in [-0.39, 0.29) is 11.9 Å². The molecule has 0 bridgehead atoms. The molecule has 0 aliphatic carbocycles. The van der Waals surface area contributed by atoms with E-state index >= 15 is 0 Å². The summed E-state index contributed by atoms with van der Waals surface area (Å²) in [5.74, 6) is 1.35. The fourth-order valence-electron chi connectivity index (χ4n) is 3.90. The van der Waals surface area contributed by atoms with Gasteiger partial charge in [-0.3, -0.25) is 4.90 Å². The Morgan fingerprint density at radius 2 is 1.96 bits per heavy atom. The van der Waals surface area contributed by atoms with E-state index in [0.29, 0.717) is 23.4 Å².